The summed E-state index contributed by atoms with van der Waals surface area (Å²) >= 11 is 0. The molecule has 0 fully saturated rings. The monoisotopic (exact) mass is 1440 g/mol. The topological polar surface area (TPSA) is 409 Å². The van der Waals surface area contributed by atoms with Crippen LogP contribution in [0, 0.1) is 16.2 Å². The molecule has 0 atom stereocenters. The van der Waals surface area contributed by atoms with Crippen molar-refractivity contribution in [3.63, 3.8) is 0 Å². The lowest BCUT2D eigenvalue weighted by Gasteiger charge is -2.32. The number of nitrogens with one attached hydrogen (secondary N) is 5. The number of nitrogens with zero attached hydrogens (tertiary/aromatic N) is 7. The minimum atomic E-state index is -2.02. The number of hydrogen-bond donors (Lipinski definition) is 9. The van der Waals surface area contributed by atoms with E-state index in [4.69, 9.17) is 56.1 Å². The van der Waals surface area contributed by atoms with E-state index in [2.05, 4.69) is 63.4 Å². The number of amides is 5. The van der Waals surface area contributed by atoms with Gasteiger partial charge in [0.05, 0.1) is 6.20 Å². The van der Waals surface area contributed by atoms with Crippen LogP contribution in [0.2, 0.25) is 0 Å². The highest BCUT2D eigenvalue weighted by atomic mass is 16.6. The lowest BCUT2D eigenvalue weighted by molar-refractivity contribution is -0.179. The van der Waals surface area contributed by atoms with Gasteiger partial charge in [-0.25, -0.2) is 19.2 Å². The number of aryl methyl sites for hydroxylation is 1. The average molecular weight is 1440 g/mol. The molecular weight excluding hydrogens is 1300 g/mol. The number of alkyl carbamates (subject to hydrolysis) is 4. The fourth-order valence-electron chi connectivity index (χ4n) is 10.3. The Kier molecular flexibility index (Phi) is 53.5. The Morgan fingerprint density at radius 2 is 0.673 bits per heavy atom. The maximum Gasteiger partial charge on any atom is 0.407 e. The van der Waals surface area contributed by atoms with Crippen molar-refractivity contribution in [2.75, 3.05) is 179 Å². The highest BCUT2D eigenvalue weighted by Crippen LogP contribution is 2.28. The van der Waals surface area contributed by atoms with Crippen LogP contribution in [-0.2, 0) is 65.5 Å². The van der Waals surface area contributed by atoms with E-state index in [1.807, 2.05) is 28.2 Å². The van der Waals surface area contributed by atoms with Crippen molar-refractivity contribution >= 4 is 48.2 Å². The van der Waals surface area contributed by atoms with Crippen LogP contribution < -0.4 is 49.5 Å². The third kappa shape index (κ3) is 47.6. The van der Waals surface area contributed by atoms with Crippen molar-refractivity contribution in [2.24, 2.45) is 39.2 Å². The second-order valence-electron chi connectivity index (χ2n) is 27.6. The quantitative estimate of drug-likeness (QED) is 0.0224. The number of unbranched alkanes of at least 4 members (excludes halogenated alkanes) is 13. The molecule has 1 rings (SSSR count). The Labute approximate surface area is 603 Å². The number of carbonyl (C=O) groups excluding carboxylic acids is 8. The summed E-state index contributed by atoms with van der Waals surface area (Å²) in [6.07, 6.45) is 22.0. The second kappa shape index (κ2) is 58.2. The van der Waals surface area contributed by atoms with Crippen LogP contribution in [0.15, 0.2) is 6.20 Å². The Morgan fingerprint density at radius 1 is 0.386 bits per heavy atom. The van der Waals surface area contributed by atoms with Crippen molar-refractivity contribution < 1.29 is 71.5 Å². The van der Waals surface area contributed by atoms with E-state index in [1.165, 1.54) is 91.4 Å². The molecule has 1 heterocycles. The third-order valence-electron chi connectivity index (χ3n) is 17.1. The van der Waals surface area contributed by atoms with Crippen LogP contribution in [0.5, 0.6) is 0 Å². The Hall–Kier alpha value is -6.22. The van der Waals surface area contributed by atoms with Crippen LogP contribution in [0.25, 0.3) is 0 Å². The molecule has 31 heteroatoms. The molecule has 101 heavy (non-hydrogen) atoms. The molecule has 1 aromatic rings. The number of aromatic nitrogens is 3. The average Bonchev–Trinajstić information content (AvgIpc) is 1.13. The number of carbonyl (C=O) groups is 8. The van der Waals surface area contributed by atoms with E-state index in [0.717, 1.165) is 71.1 Å². The van der Waals surface area contributed by atoms with Crippen LogP contribution in [0.4, 0.5) is 19.2 Å². The van der Waals surface area contributed by atoms with Gasteiger partial charge in [-0.3, -0.25) is 23.9 Å². The number of hydrogen-bond acceptors (Lipinski definition) is 25. The number of esters is 3. The zero-order chi connectivity index (χ0) is 74.8. The van der Waals surface area contributed by atoms with Crippen molar-refractivity contribution in [2.45, 2.75) is 195 Å². The van der Waals surface area contributed by atoms with Gasteiger partial charge in [-0.05, 0) is 192 Å². The smallest absolute Gasteiger partial charge is 0.407 e. The van der Waals surface area contributed by atoms with Gasteiger partial charge in [-0.2, -0.15) is 0 Å². The van der Waals surface area contributed by atoms with Gasteiger partial charge in [0.15, 0.2) is 0 Å². The first-order valence-corrected chi connectivity index (χ1v) is 37.3. The number of nitrogens with two attached hydrogens (primary N) is 4. The van der Waals surface area contributed by atoms with Crippen molar-refractivity contribution in [3.05, 3.63) is 11.9 Å². The van der Waals surface area contributed by atoms with Crippen molar-refractivity contribution in [1.29, 1.82) is 0 Å². The van der Waals surface area contributed by atoms with Gasteiger partial charge in [-0.15, -0.1) is 5.10 Å². The van der Waals surface area contributed by atoms with Crippen LogP contribution in [-0.4, -0.2) is 262 Å². The molecule has 5 amide bonds. The lowest BCUT2D eigenvalue weighted by Crippen LogP contribution is -2.47. The van der Waals surface area contributed by atoms with Crippen molar-refractivity contribution in [1.82, 2.24) is 61.2 Å². The number of rotatable bonds is 64. The molecule has 0 unspecified atom stereocenters. The summed E-state index contributed by atoms with van der Waals surface area (Å²) in [6, 6.07) is 0. The van der Waals surface area contributed by atoms with Gasteiger partial charge in [0, 0.05) is 45.7 Å². The van der Waals surface area contributed by atoms with Gasteiger partial charge < -0.3 is 102 Å². The zero-order valence-electron chi connectivity index (χ0n) is 63.3. The Morgan fingerprint density at radius 3 is 1.00 bits per heavy atom. The summed E-state index contributed by atoms with van der Waals surface area (Å²) in [7, 11) is 7.76. The highest BCUT2D eigenvalue weighted by Gasteiger charge is 2.46. The fourth-order valence-corrected chi connectivity index (χ4v) is 10.3. The lowest BCUT2D eigenvalue weighted by atomic mass is 9.90. The predicted molar refractivity (Wildman–Crippen MR) is 389 cm³/mol. The predicted octanol–water partition coefficient (Wildman–Crippen LogP) is 5.39. The van der Waals surface area contributed by atoms with E-state index in [9.17, 15) is 38.4 Å². The zero-order valence-corrected chi connectivity index (χ0v) is 63.3. The minimum Gasteiger partial charge on any atom is -0.464 e. The minimum absolute atomic E-state index is 0.00834. The van der Waals surface area contributed by atoms with Gasteiger partial charge in [0.1, 0.15) is 68.2 Å². The molecule has 0 bridgehead atoms. The molecule has 31 nitrogen and oxygen atoms in total. The molecule has 0 saturated carbocycles. The maximum absolute atomic E-state index is 14.6. The SMILES string of the molecule is CCCCCCCCCCCCCCCCC(=O)NCCCn1cc(COC(=O)C(C)(COC(=O)C(C)(COC(=O)NCCCN(C)CCCN)COC(=O)NCCCN(C)CCCN)COC(=O)C(C)(COC(=O)NCCCN(C)CCCN)COC(=O)NCCCN(C)CCCN)nn1. The van der Waals surface area contributed by atoms with Crippen LogP contribution >= 0.6 is 0 Å². The normalized spacial score (nSPS) is 11.8. The highest BCUT2D eigenvalue weighted by molar-refractivity contribution is 5.82. The van der Waals surface area contributed by atoms with Gasteiger partial charge >= 0.3 is 42.3 Å². The molecule has 0 aliphatic heterocycles. The van der Waals surface area contributed by atoms with Gasteiger partial charge in [-0.1, -0.05) is 95.6 Å². The summed E-state index contributed by atoms with van der Waals surface area (Å²) in [5.74, 6) is -3.19. The summed E-state index contributed by atoms with van der Waals surface area (Å²) in [5, 5.41) is 22.0. The molecule has 586 valence electrons. The Bertz CT molecular complexity index is 2200. The largest absolute Gasteiger partial charge is 0.464 e. The number of ether oxygens (including phenoxy) is 7. The molecular formula is C70H136N16O15. The van der Waals surface area contributed by atoms with E-state index < -0.39 is 105 Å². The molecule has 0 saturated heterocycles. The molecule has 13 N–H and O–H groups in total. The first kappa shape index (κ1) is 92.8. The molecule has 0 aliphatic carbocycles. The standard InChI is InChI=1S/C70H136N16O15/c1-9-10-11-12-13-14-15-16-17-18-19-20-21-22-32-60(87)75-37-31-50-86-51-59(80-81-86)52-95-61(88)68(2,53-96-62(89)69(3,55-98-64(91)76-38-27-46-82(5)42-23-33-71)56-99-65(92)77-39-28-47-83(6)43-24-34-72)54-97-63(90)70(4,57-100-66(93)78-40-29-48-84(7)44-25-35-73)58-101-67(94)79-41-30-49-85(8)45-26-36-74/h51H,9-50,52-58,71-74H2,1-8H3,(H,75,87)(H,76,91)(H,77,92)(H,78,93)(H,79,94). The molecule has 1 aromatic heterocycles. The first-order valence-electron chi connectivity index (χ1n) is 37.3. The van der Waals surface area contributed by atoms with Gasteiger partial charge in [0.25, 0.3) is 0 Å². The summed E-state index contributed by atoms with van der Waals surface area (Å²) in [5.41, 5.74) is 17.1. The van der Waals surface area contributed by atoms with E-state index in [1.54, 1.807) is 10.9 Å². The molecule has 0 radical (unpaired) electrons. The van der Waals surface area contributed by atoms with E-state index in [0.29, 0.717) is 104 Å². The van der Waals surface area contributed by atoms with Gasteiger partial charge in [0.2, 0.25) is 5.91 Å². The molecule has 0 spiro atoms. The third-order valence-corrected chi connectivity index (χ3v) is 17.1. The van der Waals surface area contributed by atoms with E-state index >= 15 is 0 Å². The summed E-state index contributed by atoms with van der Waals surface area (Å²) < 4.78 is 41.3. The van der Waals surface area contributed by atoms with E-state index in [-0.39, 0.29) is 37.8 Å². The fraction of sp³-hybridized carbons (Fsp3) is 0.857. The maximum atomic E-state index is 14.6. The Balaban J connectivity index is 3.41. The van der Waals surface area contributed by atoms with Crippen molar-refractivity contribution in [3.8, 4) is 0 Å². The second-order valence-corrected chi connectivity index (χ2v) is 27.6. The first-order chi connectivity index (χ1) is 48.5. The molecule has 0 aromatic carbocycles. The van der Waals surface area contributed by atoms with Crippen LogP contribution in [0.3, 0.4) is 0 Å². The molecule has 0 aliphatic rings. The summed E-state index contributed by atoms with van der Waals surface area (Å²) in [6.45, 7) is 11.3. The van der Waals surface area contributed by atoms with Crippen LogP contribution in [0.1, 0.15) is 187 Å². The summed E-state index contributed by atoms with van der Waals surface area (Å²) in [4.78, 5) is 117.